The molecule has 3 rings (SSSR count). The third kappa shape index (κ3) is 3.15. The van der Waals surface area contributed by atoms with Gasteiger partial charge in [-0.05, 0) is 24.5 Å². The zero-order chi connectivity index (χ0) is 17.1. The lowest BCUT2D eigenvalue weighted by Crippen LogP contribution is -2.40. The van der Waals surface area contributed by atoms with Gasteiger partial charge in [0.05, 0.1) is 18.9 Å². The van der Waals surface area contributed by atoms with Crippen LogP contribution < -0.4 is 10.1 Å². The molecule has 1 aromatic heterocycles. The highest BCUT2D eigenvalue weighted by atomic mass is 16.5. The molecule has 1 saturated heterocycles. The summed E-state index contributed by atoms with van der Waals surface area (Å²) in [5.74, 6) is -0.994. The number of allylic oxidation sites excluding steroid dienone is 2. The van der Waals surface area contributed by atoms with Gasteiger partial charge in [-0.15, -0.1) is 0 Å². The smallest absolute Gasteiger partial charge is 0.240 e. The summed E-state index contributed by atoms with van der Waals surface area (Å²) in [7, 11) is 1.52. The van der Waals surface area contributed by atoms with E-state index < -0.39 is 0 Å². The Labute approximate surface area is 139 Å². The lowest BCUT2D eigenvalue weighted by molar-refractivity contribution is -0.143. The fourth-order valence-corrected chi connectivity index (χ4v) is 3.10. The highest BCUT2D eigenvalue weighted by Gasteiger charge is 2.47. The minimum Gasteiger partial charge on any atom is -0.481 e. The second-order valence-corrected chi connectivity index (χ2v) is 5.90. The van der Waals surface area contributed by atoms with Crippen LogP contribution in [0.2, 0.25) is 0 Å². The molecule has 1 N–H and O–H groups in total. The Morgan fingerprint density at radius 1 is 1.29 bits per heavy atom. The molecule has 7 nitrogen and oxygen atoms in total. The topological polar surface area (TPSA) is 88.6 Å². The van der Waals surface area contributed by atoms with Gasteiger partial charge >= 0.3 is 0 Å². The monoisotopic (exact) mass is 329 g/mol. The first-order valence-corrected chi connectivity index (χ1v) is 7.86. The molecule has 0 spiro atoms. The first-order valence-electron chi connectivity index (χ1n) is 7.86. The van der Waals surface area contributed by atoms with Gasteiger partial charge in [-0.1, -0.05) is 12.2 Å². The van der Waals surface area contributed by atoms with Crippen LogP contribution in [0.25, 0.3) is 0 Å². The second-order valence-electron chi connectivity index (χ2n) is 5.90. The summed E-state index contributed by atoms with van der Waals surface area (Å²) in [5.41, 5.74) is 0.826. The van der Waals surface area contributed by atoms with Gasteiger partial charge in [-0.25, -0.2) is 4.98 Å². The lowest BCUT2D eigenvalue weighted by Gasteiger charge is -2.14. The molecule has 1 fully saturated rings. The summed E-state index contributed by atoms with van der Waals surface area (Å²) < 4.78 is 5.02. The van der Waals surface area contributed by atoms with Crippen molar-refractivity contribution in [2.75, 3.05) is 13.7 Å². The third-order valence-corrected chi connectivity index (χ3v) is 4.40. The van der Waals surface area contributed by atoms with Gasteiger partial charge in [-0.2, -0.15) is 0 Å². The molecular formula is C17H19N3O4. The number of hydrogen-bond acceptors (Lipinski definition) is 5. The van der Waals surface area contributed by atoms with E-state index in [0.717, 1.165) is 10.5 Å². The number of aromatic nitrogens is 1. The molecule has 7 heteroatoms. The van der Waals surface area contributed by atoms with Crippen molar-refractivity contribution in [3.05, 3.63) is 36.0 Å². The number of fused-ring (bicyclic) bond motifs is 1. The maximum atomic E-state index is 12.3. The van der Waals surface area contributed by atoms with E-state index in [0.29, 0.717) is 18.7 Å². The van der Waals surface area contributed by atoms with Crippen molar-refractivity contribution in [2.45, 2.75) is 19.4 Å². The van der Waals surface area contributed by atoms with Crippen molar-refractivity contribution in [1.29, 1.82) is 0 Å². The molecule has 1 aliphatic carbocycles. The summed E-state index contributed by atoms with van der Waals surface area (Å²) in [5, 5.41) is 2.72. The van der Waals surface area contributed by atoms with Crippen molar-refractivity contribution >= 4 is 17.7 Å². The molecule has 1 aliphatic heterocycles. The normalized spacial score (nSPS) is 22.5. The fraction of sp³-hybridized carbons (Fsp3) is 0.412. The van der Waals surface area contributed by atoms with Crippen LogP contribution >= 0.6 is 0 Å². The van der Waals surface area contributed by atoms with E-state index >= 15 is 0 Å². The standard InChI is InChI=1S/C17H19N3O4/c1-24-15-8-11(6-7-18-15)9-19-14(21)10-20-16(22)12-4-2-3-5-13(12)17(20)23/h2-3,6-8,12-13H,4-5,9-10H2,1H3,(H,19,21). The number of likely N-dealkylation sites (tertiary alicyclic amines) is 1. The number of nitrogens with zero attached hydrogens (tertiary/aromatic N) is 2. The molecule has 0 bridgehead atoms. The van der Waals surface area contributed by atoms with Crippen molar-refractivity contribution in [2.24, 2.45) is 11.8 Å². The zero-order valence-electron chi connectivity index (χ0n) is 13.4. The van der Waals surface area contributed by atoms with Crippen LogP contribution in [0.3, 0.4) is 0 Å². The van der Waals surface area contributed by atoms with Gasteiger partial charge < -0.3 is 10.1 Å². The van der Waals surface area contributed by atoms with E-state index in [4.69, 9.17) is 4.74 Å². The number of pyridine rings is 1. The molecule has 2 aliphatic rings. The number of ether oxygens (including phenoxy) is 1. The van der Waals surface area contributed by atoms with Gasteiger partial charge in [-0.3, -0.25) is 19.3 Å². The van der Waals surface area contributed by atoms with Crippen molar-refractivity contribution in [1.82, 2.24) is 15.2 Å². The predicted molar refractivity (Wildman–Crippen MR) is 84.7 cm³/mol. The molecule has 126 valence electrons. The summed E-state index contributed by atoms with van der Waals surface area (Å²) in [6.45, 7) is 0.0508. The number of amides is 3. The molecule has 24 heavy (non-hydrogen) atoms. The number of carbonyl (C=O) groups is 3. The molecule has 2 heterocycles. The number of methoxy groups -OCH3 is 1. The van der Waals surface area contributed by atoms with Crippen molar-refractivity contribution in [3.8, 4) is 5.88 Å². The Morgan fingerprint density at radius 2 is 1.96 bits per heavy atom. The van der Waals surface area contributed by atoms with E-state index in [2.05, 4.69) is 10.3 Å². The SMILES string of the molecule is COc1cc(CNC(=O)CN2C(=O)C3CC=CCC3C2=O)ccn1. The lowest BCUT2D eigenvalue weighted by atomic mass is 9.85. The Bertz CT molecular complexity index is 675. The van der Waals surface area contributed by atoms with E-state index in [-0.39, 0.29) is 42.6 Å². The molecule has 1 aromatic rings. The minimum absolute atomic E-state index is 0.229. The highest BCUT2D eigenvalue weighted by molar-refractivity contribution is 6.07. The predicted octanol–water partition coefficient (Wildman–Crippen LogP) is 0.658. The van der Waals surface area contributed by atoms with E-state index in [1.807, 2.05) is 12.2 Å². The molecule has 0 aromatic carbocycles. The molecule has 2 atom stereocenters. The highest BCUT2D eigenvalue weighted by Crippen LogP contribution is 2.34. The van der Waals surface area contributed by atoms with Crippen LogP contribution in [-0.4, -0.2) is 41.3 Å². The van der Waals surface area contributed by atoms with Crippen molar-refractivity contribution < 1.29 is 19.1 Å². The Balaban J connectivity index is 1.57. The third-order valence-electron chi connectivity index (χ3n) is 4.40. The molecule has 0 radical (unpaired) electrons. The van der Waals surface area contributed by atoms with Gasteiger partial charge in [0.2, 0.25) is 23.6 Å². The van der Waals surface area contributed by atoms with Gasteiger partial charge in [0.15, 0.2) is 0 Å². The van der Waals surface area contributed by atoms with Gasteiger partial charge in [0.1, 0.15) is 6.54 Å². The number of imide groups is 1. The van der Waals surface area contributed by atoms with Crippen LogP contribution in [0, 0.1) is 11.8 Å². The van der Waals surface area contributed by atoms with E-state index in [9.17, 15) is 14.4 Å². The Kier molecular flexibility index (Phi) is 4.59. The average molecular weight is 329 g/mol. The first-order chi connectivity index (χ1) is 11.6. The number of carbonyl (C=O) groups excluding carboxylic acids is 3. The number of nitrogens with one attached hydrogen (secondary N) is 1. The summed E-state index contributed by atoms with van der Waals surface area (Å²) in [6, 6.07) is 3.47. The van der Waals surface area contributed by atoms with E-state index in [1.165, 1.54) is 7.11 Å². The average Bonchev–Trinajstić information content (AvgIpc) is 2.85. The summed E-state index contributed by atoms with van der Waals surface area (Å²) >= 11 is 0. The maximum Gasteiger partial charge on any atom is 0.240 e. The van der Waals surface area contributed by atoms with Crippen LogP contribution in [0.4, 0.5) is 0 Å². The number of hydrogen-bond donors (Lipinski definition) is 1. The fourth-order valence-electron chi connectivity index (χ4n) is 3.10. The second kappa shape index (κ2) is 6.82. The van der Waals surface area contributed by atoms with Crippen molar-refractivity contribution in [3.63, 3.8) is 0 Å². The van der Waals surface area contributed by atoms with E-state index in [1.54, 1.807) is 18.3 Å². The van der Waals surface area contributed by atoms with Crippen LogP contribution in [-0.2, 0) is 20.9 Å². The first kappa shape index (κ1) is 16.2. The summed E-state index contributed by atoms with van der Waals surface area (Å²) in [6.07, 6.45) is 6.58. The molecule has 2 unspecified atom stereocenters. The Morgan fingerprint density at radius 3 is 2.58 bits per heavy atom. The summed E-state index contributed by atoms with van der Waals surface area (Å²) in [4.78, 5) is 41.8. The van der Waals surface area contributed by atoms with Crippen LogP contribution in [0.15, 0.2) is 30.5 Å². The van der Waals surface area contributed by atoms with Crippen LogP contribution in [0.1, 0.15) is 18.4 Å². The largest absolute Gasteiger partial charge is 0.481 e. The van der Waals surface area contributed by atoms with Gasteiger partial charge in [0.25, 0.3) is 0 Å². The minimum atomic E-state index is -0.362. The zero-order valence-corrected chi connectivity index (χ0v) is 13.4. The quantitative estimate of drug-likeness (QED) is 0.633. The molecular weight excluding hydrogens is 310 g/mol. The number of rotatable bonds is 5. The maximum absolute atomic E-state index is 12.3. The Hall–Kier alpha value is -2.70. The van der Waals surface area contributed by atoms with Gasteiger partial charge in [0, 0.05) is 18.8 Å². The van der Waals surface area contributed by atoms with Crippen LogP contribution in [0.5, 0.6) is 5.88 Å². The molecule has 0 saturated carbocycles. The molecule has 3 amide bonds.